The maximum Gasteiger partial charge on any atom is 0.410 e. The summed E-state index contributed by atoms with van der Waals surface area (Å²) in [5, 5.41) is 11.7. The highest BCUT2D eigenvalue weighted by Crippen LogP contribution is 2.39. The van der Waals surface area contributed by atoms with E-state index in [1.165, 1.54) is 11.3 Å². The summed E-state index contributed by atoms with van der Waals surface area (Å²) in [5.41, 5.74) is 3.85. The van der Waals surface area contributed by atoms with Crippen LogP contribution in [0, 0.1) is 25.2 Å². The van der Waals surface area contributed by atoms with Gasteiger partial charge in [-0.3, -0.25) is 4.79 Å². The van der Waals surface area contributed by atoms with Gasteiger partial charge in [-0.15, -0.1) is 11.3 Å². The van der Waals surface area contributed by atoms with E-state index in [-0.39, 0.29) is 23.9 Å². The number of aromatic nitrogens is 1. The number of thiophene rings is 1. The number of piperazine rings is 1. The summed E-state index contributed by atoms with van der Waals surface area (Å²) in [6.07, 6.45) is 0.226. The van der Waals surface area contributed by atoms with Crippen LogP contribution in [0.4, 0.5) is 4.79 Å². The van der Waals surface area contributed by atoms with E-state index in [0.29, 0.717) is 42.2 Å². The number of benzene rings is 2. The van der Waals surface area contributed by atoms with Gasteiger partial charge in [0.25, 0.3) is 5.91 Å². The highest BCUT2D eigenvalue weighted by molar-refractivity contribution is 7.12. The van der Waals surface area contributed by atoms with Crippen LogP contribution in [0.25, 0.3) is 11.1 Å². The molecule has 4 aromatic rings. The van der Waals surface area contributed by atoms with Gasteiger partial charge in [0.05, 0.1) is 10.9 Å². The fraction of sp³-hybridized carbons (Fsp3) is 0.314. The molecule has 9 heteroatoms. The molecule has 1 atom stereocenters. The van der Waals surface area contributed by atoms with E-state index in [2.05, 4.69) is 11.1 Å². The quantitative estimate of drug-likeness (QED) is 0.226. The van der Waals surface area contributed by atoms with E-state index >= 15 is 0 Å². The minimum Gasteiger partial charge on any atom is -0.444 e. The molecule has 0 unspecified atom stereocenters. The Morgan fingerprint density at radius 1 is 1.02 bits per heavy atom. The number of nitrogens with zero attached hydrogens (tertiary/aromatic N) is 4. The predicted octanol–water partition coefficient (Wildman–Crippen LogP) is 7.40. The van der Waals surface area contributed by atoms with Crippen molar-refractivity contribution in [1.29, 1.82) is 5.26 Å². The molecule has 1 fully saturated rings. The molecule has 0 bridgehead atoms. The Hall–Kier alpha value is -4.68. The van der Waals surface area contributed by atoms with Crippen LogP contribution < -0.4 is 4.74 Å². The molecule has 2 aromatic carbocycles. The van der Waals surface area contributed by atoms with Crippen LogP contribution in [0.15, 0.2) is 72.1 Å². The third kappa shape index (κ3) is 6.92. The molecule has 0 N–H and O–H groups in total. The molecular weight excluding hydrogens is 572 g/mol. The molecular formula is C35H36N4O4S. The number of para-hydroxylation sites is 1. The zero-order valence-electron chi connectivity index (χ0n) is 25.7. The van der Waals surface area contributed by atoms with E-state index in [4.69, 9.17) is 9.47 Å². The van der Waals surface area contributed by atoms with Crippen molar-refractivity contribution < 1.29 is 19.1 Å². The van der Waals surface area contributed by atoms with Gasteiger partial charge in [0.15, 0.2) is 0 Å². The molecule has 3 heterocycles. The number of carbonyl (C=O) groups excluding carboxylic acids is 2. The Morgan fingerprint density at radius 2 is 1.75 bits per heavy atom. The average Bonchev–Trinajstić information content (AvgIpc) is 3.46. The van der Waals surface area contributed by atoms with Crippen LogP contribution in [0.3, 0.4) is 0 Å². The van der Waals surface area contributed by atoms with E-state index in [1.54, 1.807) is 4.90 Å². The maximum absolute atomic E-state index is 14.3. The van der Waals surface area contributed by atoms with Crippen LogP contribution in [-0.2, 0) is 11.2 Å². The Balaban J connectivity index is 1.46. The molecule has 0 aliphatic carbocycles. The van der Waals surface area contributed by atoms with Crippen molar-refractivity contribution in [1.82, 2.24) is 14.8 Å². The zero-order chi connectivity index (χ0) is 31.4. The summed E-state index contributed by atoms with van der Waals surface area (Å²) in [6.45, 7) is 10.4. The highest BCUT2D eigenvalue weighted by Gasteiger charge is 2.36. The Labute approximate surface area is 262 Å². The third-order valence-electron chi connectivity index (χ3n) is 7.38. The second kappa shape index (κ2) is 12.9. The molecule has 1 aliphatic heterocycles. The van der Waals surface area contributed by atoms with Crippen LogP contribution in [0.5, 0.6) is 11.6 Å². The molecule has 1 saturated heterocycles. The first-order chi connectivity index (χ1) is 21.0. The van der Waals surface area contributed by atoms with Gasteiger partial charge in [0.2, 0.25) is 5.88 Å². The molecule has 5 rings (SSSR count). The first-order valence-electron chi connectivity index (χ1n) is 14.6. The predicted molar refractivity (Wildman–Crippen MR) is 171 cm³/mol. The fourth-order valence-corrected chi connectivity index (χ4v) is 6.25. The van der Waals surface area contributed by atoms with Crippen LogP contribution >= 0.6 is 11.3 Å². The summed E-state index contributed by atoms with van der Waals surface area (Å²) >= 11 is 1.38. The van der Waals surface area contributed by atoms with Crippen LogP contribution in [0.2, 0.25) is 0 Å². The number of hydrogen-bond acceptors (Lipinski definition) is 7. The number of nitriles is 1. The molecule has 2 amide bonds. The van der Waals surface area contributed by atoms with Gasteiger partial charge in [-0.25, -0.2) is 9.78 Å². The zero-order valence-corrected chi connectivity index (χ0v) is 26.5. The first-order valence-corrected chi connectivity index (χ1v) is 15.5. The number of pyridine rings is 1. The smallest absolute Gasteiger partial charge is 0.410 e. The monoisotopic (exact) mass is 608 g/mol. The summed E-state index contributed by atoms with van der Waals surface area (Å²) in [5.74, 6) is 0.642. The van der Waals surface area contributed by atoms with Gasteiger partial charge in [0, 0.05) is 36.5 Å². The normalized spacial score (nSPS) is 15.0. The number of rotatable bonds is 6. The van der Waals surface area contributed by atoms with Gasteiger partial charge in [-0.1, -0.05) is 48.5 Å². The van der Waals surface area contributed by atoms with Crippen molar-refractivity contribution >= 4 is 23.3 Å². The number of aryl methyl sites for hydroxylation is 2. The second-order valence-corrected chi connectivity index (χ2v) is 12.8. The lowest BCUT2D eigenvalue weighted by atomic mass is 10.0. The number of hydrogen-bond donors (Lipinski definition) is 0. The van der Waals surface area contributed by atoms with Gasteiger partial charge >= 0.3 is 6.09 Å². The molecule has 0 spiro atoms. The molecule has 1 aliphatic rings. The van der Waals surface area contributed by atoms with E-state index in [9.17, 15) is 14.9 Å². The van der Waals surface area contributed by atoms with Crippen molar-refractivity contribution in [3.63, 3.8) is 0 Å². The van der Waals surface area contributed by atoms with Gasteiger partial charge in [0.1, 0.15) is 23.0 Å². The number of ether oxygens (including phenoxy) is 2. The summed E-state index contributed by atoms with van der Waals surface area (Å²) in [4.78, 5) is 36.0. The standard InChI is InChI=1S/C35H36N4O4S/c1-23-19-24(2)37-32(29(23)21-36)42-30-14-10-9-13-27(30)28-15-18-44-31(28)33(40)39-17-16-38(34(41)43-35(3,4)5)22-26(39)20-25-11-7-6-8-12-25/h6-15,18-19,26H,16-17,20,22H2,1-5H3/t26-/m1/s1. The second-order valence-electron chi connectivity index (χ2n) is 11.9. The Morgan fingerprint density at radius 3 is 2.48 bits per heavy atom. The van der Waals surface area contributed by atoms with Crippen molar-refractivity contribution in [3.05, 3.63) is 99.4 Å². The molecule has 8 nitrogen and oxygen atoms in total. The van der Waals surface area contributed by atoms with Gasteiger partial charge in [-0.05, 0) is 75.7 Å². The van der Waals surface area contributed by atoms with Gasteiger partial charge in [-0.2, -0.15) is 5.26 Å². The van der Waals surface area contributed by atoms with Crippen molar-refractivity contribution in [2.45, 2.75) is 52.7 Å². The Bertz CT molecular complexity index is 1700. The third-order valence-corrected chi connectivity index (χ3v) is 8.28. The van der Waals surface area contributed by atoms with E-state index < -0.39 is 5.60 Å². The average molecular weight is 609 g/mol. The van der Waals surface area contributed by atoms with Gasteiger partial charge < -0.3 is 19.3 Å². The topological polar surface area (TPSA) is 95.8 Å². The highest BCUT2D eigenvalue weighted by atomic mass is 32.1. The number of amides is 2. The van der Waals surface area contributed by atoms with Crippen LogP contribution in [-0.4, -0.2) is 58.1 Å². The summed E-state index contributed by atoms with van der Waals surface area (Å²) in [6, 6.07) is 23.2. The van der Waals surface area contributed by atoms with Crippen molar-refractivity contribution in [2.24, 2.45) is 0 Å². The van der Waals surface area contributed by atoms with Crippen LogP contribution in [0.1, 0.15) is 52.8 Å². The summed E-state index contributed by atoms with van der Waals surface area (Å²) in [7, 11) is 0. The van der Waals surface area contributed by atoms with Crippen molar-refractivity contribution in [2.75, 3.05) is 19.6 Å². The number of carbonyl (C=O) groups is 2. The molecule has 44 heavy (non-hydrogen) atoms. The SMILES string of the molecule is Cc1cc(C)c(C#N)c(Oc2ccccc2-c2ccsc2C(=O)N2CCN(C(=O)OC(C)(C)C)C[C@H]2Cc2ccccc2)n1. The lowest BCUT2D eigenvalue weighted by molar-refractivity contribution is 0.00449. The maximum atomic E-state index is 14.3. The van der Waals surface area contributed by atoms with E-state index in [0.717, 1.165) is 27.9 Å². The van der Waals surface area contributed by atoms with Crippen molar-refractivity contribution in [3.8, 4) is 28.8 Å². The lowest BCUT2D eigenvalue weighted by Crippen LogP contribution is -2.57. The lowest BCUT2D eigenvalue weighted by Gasteiger charge is -2.41. The molecule has 226 valence electrons. The molecule has 2 aromatic heterocycles. The van der Waals surface area contributed by atoms with E-state index in [1.807, 2.05) is 112 Å². The first kappa shape index (κ1) is 30.8. The summed E-state index contributed by atoms with van der Waals surface area (Å²) < 4.78 is 11.9. The Kier molecular flexibility index (Phi) is 9.02. The largest absolute Gasteiger partial charge is 0.444 e. The molecule has 0 saturated carbocycles. The minimum absolute atomic E-state index is 0.100. The fourth-order valence-electron chi connectivity index (χ4n) is 5.39. The molecule has 0 radical (unpaired) electrons. The minimum atomic E-state index is -0.610.